The zero-order chi connectivity index (χ0) is 28.2. The highest BCUT2D eigenvalue weighted by atomic mass is 127. The Kier molecular flexibility index (Phi) is 6.34. The van der Waals surface area contributed by atoms with E-state index in [1.807, 2.05) is 24.3 Å². The lowest BCUT2D eigenvalue weighted by Crippen LogP contribution is -2.35. The Labute approximate surface area is 249 Å². The highest BCUT2D eigenvalue weighted by molar-refractivity contribution is 14.1. The molecule has 0 spiro atoms. The zero-order valence-corrected chi connectivity index (χ0v) is 24.0. The number of halogens is 4. The highest BCUT2D eigenvalue weighted by Gasteiger charge is 2.40. The highest BCUT2D eigenvalue weighted by Crippen LogP contribution is 2.51. The van der Waals surface area contributed by atoms with Crippen LogP contribution in [-0.2, 0) is 22.9 Å². The van der Waals surface area contributed by atoms with Gasteiger partial charge in [0.2, 0.25) is 0 Å². The molecule has 0 N–H and O–H groups in total. The van der Waals surface area contributed by atoms with Gasteiger partial charge in [-0.3, -0.25) is 0 Å². The molecule has 2 nitrogen and oxygen atoms in total. The molecule has 5 aromatic rings. The average Bonchev–Trinajstić information content (AvgIpc) is 3.00. The van der Waals surface area contributed by atoms with Crippen LogP contribution in [0.1, 0.15) is 33.4 Å². The van der Waals surface area contributed by atoms with Crippen molar-refractivity contribution >= 4 is 39.4 Å². The molecule has 2 aliphatic rings. The van der Waals surface area contributed by atoms with Gasteiger partial charge in [-0.15, -0.1) is 13.2 Å². The van der Waals surface area contributed by atoms with E-state index in [2.05, 4.69) is 88.0 Å². The molecule has 0 radical (unpaired) electrons. The first-order valence-corrected chi connectivity index (χ1v) is 14.9. The van der Waals surface area contributed by atoms with Crippen LogP contribution in [0.2, 0.25) is 0 Å². The summed E-state index contributed by atoms with van der Waals surface area (Å²) < 4.78 is 50.9. The van der Waals surface area contributed by atoms with Crippen LogP contribution >= 0.6 is 22.6 Å². The van der Waals surface area contributed by atoms with Crippen LogP contribution < -0.4 is 9.47 Å². The molecule has 204 valence electrons. The van der Waals surface area contributed by atoms with E-state index in [4.69, 9.17) is 4.74 Å². The van der Waals surface area contributed by atoms with Crippen LogP contribution in [0.25, 0.3) is 28.0 Å². The van der Waals surface area contributed by atoms with Gasteiger partial charge in [-0.25, -0.2) is 0 Å². The predicted octanol–water partition coefficient (Wildman–Crippen LogP) is 9.79. The van der Waals surface area contributed by atoms with E-state index < -0.39 is 12.0 Å². The summed E-state index contributed by atoms with van der Waals surface area (Å²) in [5.41, 5.74) is 7.67. The minimum atomic E-state index is -4.76. The first-order valence-electron chi connectivity index (χ1n) is 13.4. The van der Waals surface area contributed by atoms with E-state index in [0.717, 1.165) is 45.1 Å². The van der Waals surface area contributed by atoms with Crippen molar-refractivity contribution in [3.63, 3.8) is 0 Å². The summed E-state index contributed by atoms with van der Waals surface area (Å²) in [7, 11) is 0. The van der Waals surface area contributed by atoms with Gasteiger partial charge in [0.15, 0.2) is 5.60 Å². The molecule has 1 unspecified atom stereocenters. The number of aryl methyl sites for hydroxylation is 1. The molecule has 1 heterocycles. The second-order valence-electron chi connectivity index (χ2n) is 10.4. The number of benzene rings is 5. The van der Waals surface area contributed by atoms with Crippen LogP contribution in [-0.4, -0.2) is 6.36 Å². The molecule has 1 aliphatic heterocycles. The van der Waals surface area contributed by atoms with Gasteiger partial charge in [0, 0.05) is 26.7 Å². The quantitative estimate of drug-likeness (QED) is 0.141. The first-order chi connectivity index (χ1) is 19.9. The maximum absolute atomic E-state index is 12.9. The van der Waals surface area contributed by atoms with Crippen LogP contribution in [0, 0.1) is 0 Å². The third-order valence-corrected chi connectivity index (χ3v) is 8.92. The lowest BCUT2D eigenvalue weighted by molar-refractivity contribution is -0.274. The number of alkyl halides is 4. The van der Waals surface area contributed by atoms with Crippen LogP contribution in [0.3, 0.4) is 0 Å². The van der Waals surface area contributed by atoms with Gasteiger partial charge in [0.05, 0.1) is 0 Å². The van der Waals surface area contributed by atoms with Crippen molar-refractivity contribution in [1.29, 1.82) is 0 Å². The average molecular weight is 660 g/mol. The number of hydrogen-bond acceptors (Lipinski definition) is 2. The molecule has 1 aliphatic carbocycles. The molecule has 0 amide bonds. The fraction of sp³-hybridized carbons (Fsp3) is 0.143. The van der Waals surface area contributed by atoms with Gasteiger partial charge in [-0.2, -0.15) is 0 Å². The van der Waals surface area contributed by atoms with Crippen molar-refractivity contribution in [2.45, 2.75) is 29.2 Å². The van der Waals surface area contributed by atoms with Crippen molar-refractivity contribution in [2.75, 3.05) is 0 Å². The summed E-state index contributed by atoms with van der Waals surface area (Å²) >= 11 is 2.33. The molecule has 1 atom stereocenters. The Balaban J connectivity index is 1.45. The molecule has 0 aromatic heterocycles. The predicted molar refractivity (Wildman–Crippen MR) is 165 cm³/mol. The van der Waals surface area contributed by atoms with Crippen LogP contribution in [0.5, 0.6) is 11.5 Å². The fourth-order valence-electron chi connectivity index (χ4n) is 6.19. The summed E-state index contributed by atoms with van der Waals surface area (Å²) in [5.74, 6) is 0.557. The normalized spacial score (nSPS) is 17.4. The molecular weight excluding hydrogens is 636 g/mol. The number of rotatable bonds is 4. The second kappa shape index (κ2) is 9.94. The van der Waals surface area contributed by atoms with E-state index in [1.165, 1.54) is 39.8 Å². The van der Waals surface area contributed by atoms with Gasteiger partial charge in [0.1, 0.15) is 11.5 Å². The van der Waals surface area contributed by atoms with E-state index in [9.17, 15) is 13.2 Å². The van der Waals surface area contributed by atoms with Gasteiger partial charge in [-0.05, 0) is 70.2 Å². The third kappa shape index (κ3) is 4.49. The van der Waals surface area contributed by atoms with Gasteiger partial charge in [-0.1, -0.05) is 108 Å². The SMILES string of the molecule is FC(F)(F)Oc1ccc(C2(c3ccc(CI)cc3)C=Cc3c(c4c(c5ccccc35)-c3ccccc3CC4)O2)cc1. The van der Waals surface area contributed by atoms with Gasteiger partial charge < -0.3 is 9.47 Å². The van der Waals surface area contributed by atoms with E-state index >= 15 is 0 Å². The molecule has 5 aromatic carbocycles. The third-order valence-electron chi connectivity index (χ3n) is 8.04. The first kappa shape index (κ1) is 26.1. The van der Waals surface area contributed by atoms with E-state index in [0.29, 0.717) is 5.56 Å². The maximum atomic E-state index is 12.9. The van der Waals surface area contributed by atoms with E-state index in [-0.39, 0.29) is 5.75 Å². The monoisotopic (exact) mass is 660 g/mol. The van der Waals surface area contributed by atoms with Crippen molar-refractivity contribution < 1.29 is 22.6 Å². The van der Waals surface area contributed by atoms with Gasteiger partial charge >= 0.3 is 6.36 Å². The zero-order valence-electron chi connectivity index (χ0n) is 21.8. The number of ether oxygens (including phenoxy) is 2. The van der Waals surface area contributed by atoms with Crippen LogP contribution in [0.4, 0.5) is 13.2 Å². The summed E-state index contributed by atoms with van der Waals surface area (Å²) in [4.78, 5) is 0. The molecular formula is C35H24F3IO2. The van der Waals surface area contributed by atoms with Crippen molar-refractivity contribution in [2.24, 2.45) is 0 Å². The number of hydrogen-bond donors (Lipinski definition) is 0. The summed E-state index contributed by atoms with van der Waals surface area (Å²) in [6.45, 7) is 0. The Morgan fingerprint density at radius 1 is 0.780 bits per heavy atom. The molecule has 7 rings (SSSR count). The molecule has 0 bridgehead atoms. The maximum Gasteiger partial charge on any atom is 0.573 e. The summed E-state index contributed by atoms with van der Waals surface area (Å²) in [5, 5.41) is 2.30. The topological polar surface area (TPSA) is 18.5 Å². The summed E-state index contributed by atoms with van der Waals surface area (Å²) in [6, 6.07) is 31.2. The van der Waals surface area contributed by atoms with Crippen molar-refractivity contribution in [3.05, 3.63) is 137 Å². The van der Waals surface area contributed by atoms with Crippen molar-refractivity contribution in [3.8, 4) is 22.6 Å². The Morgan fingerprint density at radius 2 is 1.44 bits per heavy atom. The minimum Gasteiger partial charge on any atom is -0.473 e. The molecule has 6 heteroatoms. The molecule has 0 saturated carbocycles. The summed E-state index contributed by atoms with van der Waals surface area (Å²) in [6.07, 6.45) is 1.13. The minimum absolute atomic E-state index is 0.267. The molecule has 0 fully saturated rings. The van der Waals surface area contributed by atoms with Gasteiger partial charge in [0.25, 0.3) is 0 Å². The fourth-order valence-corrected chi connectivity index (χ4v) is 6.69. The van der Waals surface area contributed by atoms with Crippen molar-refractivity contribution in [1.82, 2.24) is 0 Å². The van der Waals surface area contributed by atoms with Crippen LogP contribution in [0.15, 0.2) is 103 Å². The Hall–Kier alpha value is -3.78. The molecule has 0 saturated heterocycles. The van der Waals surface area contributed by atoms with E-state index in [1.54, 1.807) is 12.1 Å². The Morgan fingerprint density at radius 3 is 2.15 bits per heavy atom. The second-order valence-corrected chi connectivity index (χ2v) is 11.1. The number of fused-ring (bicyclic) bond motifs is 8. The lowest BCUT2D eigenvalue weighted by Gasteiger charge is -2.39. The smallest absolute Gasteiger partial charge is 0.473 e. The molecule has 41 heavy (non-hydrogen) atoms. The standard InChI is InChI=1S/C35H24F3IO2/c36-35(37,38)40-26-16-14-25(15-17-26)34(24-12-9-22(21-39)10-13-24)20-19-30-28-7-3-4-8-29(28)32-27-6-2-1-5-23(27)11-18-31(32)33(30)41-34/h1-10,12-17,19-20H,11,18,21H2. The lowest BCUT2D eigenvalue weighted by atomic mass is 9.78. The largest absolute Gasteiger partial charge is 0.573 e. The Bertz CT molecular complexity index is 1810.